The standard InChI is InChI=1S/C15H23ClN2/c1-11(17)15(13-7-4-8-14(16)9-13)18(2)10-12-5-3-6-12/h4,7-9,11-12,15H,3,5-6,10,17H2,1-2H3. The normalized spacial score (nSPS) is 19.6. The van der Waals surface area contributed by atoms with Gasteiger partial charge in [0.2, 0.25) is 0 Å². The molecule has 1 aliphatic carbocycles. The summed E-state index contributed by atoms with van der Waals surface area (Å²) in [5.74, 6) is 0.857. The molecule has 1 saturated carbocycles. The molecule has 2 atom stereocenters. The number of halogens is 1. The first kappa shape index (κ1) is 13.9. The second-order valence-corrected chi connectivity index (χ2v) is 6.03. The molecular weight excluding hydrogens is 244 g/mol. The van der Waals surface area contributed by atoms with Crippen LogP contribution in [0.25, 0.3) is 0 Å². The van der Waals surface area contributed by atoms with E-state index < -0.39 is 0 Å². The maximum atomic E-state index is 6.17. The summed E-state index contributed by atoms with van der Waals surface area (Å²) in [5.41, 5.74) is 7.39. The summed E-state index contributed by atoms with van der Waals surface area (Å²) >= 11 is 6.08. The fraction of sp³-hybridized carbons (Fsp3) is 0.600. The summed E-state index contributed by atoms with van der Waals surface area (Å²) in [4.78, 5) is 2.39. The van der Waals surface area contributed by atoms with E-state index in [9.17, 15) is 0 Å². The Kier molecular flexibility index (Phi) is 4.66. The van der Waals surface area contributed by atoms with Crippen LogP contribution in [0.4, 0.5) is 0 Å². The second-order valence-electron chi connectivity index (χ2n) is 5.60. The predicted molar refractivity (Wildman–Crippen MR) is 77.8 cm³/mol. The molecule has 18 heavy (non-hydrogen) atoms. The molecule has 1 aromatic carbocycles. The lowest BCUT2D eigenvalue weighted by atomic mass is 9.84. The van der Waals surface area contributed by atoms with Crippen molar-refractivity contribution in [1.82, 2.24) is 4.90 Å². The van der Waals surface area contributed by atoms with Gasteiger partial charge in [-0.25, -0.2) is 0 Å². The average Bonchev–Trinajstić information content (AvgIpc) is 2.23. The van der Waals surface area contributed by atoms with Gasteiger partial charge < -0.3 is 5.73 Å². The lowest BCUT2D eigenvalue weighted by molar-refractivity contribution is 0.149. The molecule has 0 heterocycles. The molecule has 0 aromatic heterocycles. The number of likely N-dealkylation sites (N-methyl/N-ethyl adjacent to an activating group) is 1. The Morgan fingerprint density at radius 1 is 1.44 bits per heavy atom. The molecule has 0 radical (unpaired) electrons. The molecule has 0 aliphatic heterocycles. The maximum absolute atomic E-state index is 6.17. The Morgan fingerprint density at radius 2 is 2.17 bits per heavy atom. The molecule has 0 saturated heterocycles. The van der Waals surface area contributed by atoms with Crippen LogP contribution in [-0.4, -0.2) is 24.5 Å². The minimum Gasteiger partial charge on any atom is -0.326 e. The van der Waals surface area contributed by atoms with Gasteiger partial charge in [-0.15, -0.1) is 0 Å². The topological polar surface area (TPSA) is 29.3 Å². The van der Waals surface area contributed by atoms with Crippen molar-refractivity contribution >= 4 is 11.6 Å². The van der Waals surface area contributed by atoms with Gasteiger partial charge in [0.15, 0.2) is 0 Å². The molecule has 0 amide bonds. The molecule has 100 valence electrons. The van der Waals surface area contributed by atoms with Gasteiger partial charge in [-0.1, -0.05) is 30.2 Å². The highest BCUT2D eigenvalue weighted by Gasteiger charge is 2.26. The first-order valence-corrected chi connectivity index (χ1v) is 7.17. The van der Waals surface area contributed by atoms with Gasteiger partial charge in [0.1, 0.15) is 0 Å². The molecule has 0 bridgehead atoms. The van der Waals surface area contributed by atoms with Crippen molar-refractivity contribution in [3.8, 4) is 0 Å². The Balaban J connectivity index is 2.11. The van der Waals surface area contributed by atoms with Crippen LogP contribution in [0.3, 0.4) is 0 Å². The van der Waals surface area contributed by atoms with Gasteiger partial charge in [0.25, 0.3) is 0 Å². The highest BCUT2D eigenvalue weighted by atomic mass is 35.5. The lowest BCUT2D eigenvalue weighted by Gasteiger charge is -2.37. The van der Waals surface area contributed by atoms with Crippen molar-refractivity contribution in [3.63, 3.8) is 0 Å². The van der Waals surface area contributed by atoms with Crippen LogP contribution in [-0.2, 0) is 0 Å². The van der Waals surface area contributed by atoms with Gasteiger partial charge in [-0.3, -0.25) is 4.90 Å². The maximum Gasteiger partial charge on any atom is 0.0494 e. The number of nitrogens with two attached hydrogens (primary N) is 1. The van der Waals surface area contributed by atoms with Crippen molar-refractivity contribution in [2.75, 3.05) is 13.6 Å². The quantitative estimate of drug-likeness (QED) is 0.884. The Hall–Kier alpha value is -0.570. The predicted octanol–water partition coefficient (Wildman–Crippen LogP) is 3.46. The summed E-state index contributed by atoms with van der Waals surface area (Å²) in [6.45, 7) is 3.21. The van der Waals surface area contributed by atoms with Gasteiger partial charge in [0, 0.05) is 23.7 Å². The average molecular weight is 267 g/mol. The third kappa shape index (κ3) is 3.25. The Morgan fingerprint density at radius 3 is 2.67 bits per heavy atom. The van der Waals surface area contributed by atoms with Crippen molar-refractivity contribution in [2.45, 2.75) is 38.3 Å². The first-order chi connectivity index (χ1) is 8.58. The van der Waals surface area contributed by atoms with Crippen LogP contribution in [0.5, 0.6) is 0 Å². The highest BCUT2D eigenvalue weighted by Crippen LogP contribution is 2.31. The molecule has 2 rings (SSSR count). The minimum atomic E-state index is 0.105. The number of benzene rings is 1. The summed E-state index contributed by atoms with van der Waals surface area (Å²) < 4.78 is 0. The largest absolute Gasteiger partial charge is 0.326 e. The SMILES string of the molecule is CC(N)C(c1cccc(Cl)c1)N(C)CC1CCC1. The summed E-state index contributed by atoms with van der Waals surface area (Å²) in [5, 5.41) is 0.787. The zero-order valence-corrected chi connectivity index (χ0v) is 12.0. The van der Waals surface area contributed by atoms with E-state index in [0.29, 0.717) is 0 Å². The van der Waals surface area contributed by atoms with Gasteiger partial charge in [-0.05, 0) is 50.4 Å². The Labute approximate surface area is 115 Å². The van der Waals surface area contributed by atoms with Gasteiger partial charge in [0.05, 0.1) is 0 Å². The molecule has 1 aromatic rings. The second kappa shape index (κ2) is 6.05. The van der Waals surface area contributed by atoms with Crippen molar-refractivity contribution < 1.29 is 0 Å². The van der Waals surface area contributed by atoms with E-state index in [0.717, 1.165) is 17.5 Å². The molecule has 3 heteroatoms. The van der Waals surface area contributed by atoms with E-state index in [1.54, 1.807) is 0 Å². The summed E-state index contributed by atoms with van der Waals surface area (Å²) in [6, 6.07) is 8.43. The van der Waals surface area contributed by atoms with E-state index in [-0.39, 0.29) is 12.1 Å². The van der Waals surface area contributed by atoms with Crippen LogP contribution in [0.1, 0.15) is 37.8 Å². The zero-order valence-electron chi connectivity index (χ0n) is 11.3. The number of rotatable bonds is 5. The smallest absolute Gasteiger partial charge is 0.0494 e. The number of hydrogen-bond donors (Lipinski definition) is 1. The fourth-order valence-electron chi connectivity index (χ4n) is 2.85. The monoisotopic (exact) mass is 266 g/mol. The van der Waals surface area contributed by atoms with Crippen molar-refractivity contribution in [2.24, 2.45) is 11.7 Å². The molecule has 1 fully saturated rings. The van der Waals surface area contributed by atoms with E-state index in [4.69, 9.17) is 17.3 Å². The van der Waals surface area contributed by atoms with Crippen molar-refractivity contribution in [1.29, 1.82) is 0 Å². The van der Waals surface area contributed by atoms with Gasteiger partial charge in [-0.2, -0.15) is 0 Å². The van der Waals surface area contributed by atoms with Crippen LogP contribution >= 0.6 is 11.6 Å². The van der Waals surface area contributed by atoms with Crippen LogP contribution in [0.15, 0.2) is 24.3 Å². The molecule has 2 unspecified atom stereocenters. The zero-order chi connectivity index (χ0) is 13.1. The van der Waals surface area contributed by atoms with Crippen LogP contribution < -0.4 is 5.73 Å². The third-order valence-corrected chi connectivity index (χ3v) is 4.17. The molecule has 2 N–H and O–H groups in total. The lowest BCUT2D eigenvalue weighted by Crippen LogP contribution is -2.40. The van der Waals surface area contributed by atoms with Crippen molar-refractivity contribution in [3.05, 3.63) is 34.9 Å². The third-order valence-electron chi connectivity index (χ3n) is 3.93. The van der Waals surface area contributed by atoms with E-state index in [1.165, 1.54) is 24.8 Å². The highest BCUT2D eigenvalue weighted by molar-refractivity contribution is 6.30. The molecular formula is C15H23ClN2. The van der Waals surface area contributed by atoms with Crippen LogP contribution in [0, 0.1) is 5.92 Å². The van der Waals surface area contributed by atoms with Crippen LogP contribution in [0.2, 0.25) is 5.02 Å². The van der Waals surface area contributed by atoms with Gasteiger partial charge >= 0.3 is 0 Å². The fourth-order valence-corrected chi connectivity index (χ4v) is 3.04. The van der Waals surface area contributed by atoms with E-state index in [2.05, 4.69) is 24.9 Å². The Bertz CT molecular complexity index is 388. The summed E-state index contributed by atoms with van der Waals surface area (Å²) in [6.07, 6.45) is 4.12. The minimum absolute atomic E-state index is 0.105. The molecule has 0 spiro atoms. The molecule has 1 aliphatic rings. The number of nitrogens with zero attached hydrogens (tertiary/aromatic N) is 1. The molecule has 2 nitrogen and oxygen atoms in total. The van der Waals surface area contributed by atoms with E-state index >= 15 is 0 Å². The number of hydrogen-bond acceptors (Lipinski definition) is 2. The van der Waals surface area contributed by atoms with E-state index in [1.807, 2.05) is 18.2 Å². The summed E-state index contributed by atoms with van der Waals surface area (Å²) in [7, 11) is 2.17. The first-order valence-electron chi connectivity index (χ1n) is 6.79.